The summed E-state index contributed by atoms with van der Waals surface area (Å²) in [6.07, 6.45) is 2.38. The number of rotatable bonds is 10. The summed E-state index contributed by atoms with van der Waals surface area (Å²) in [4.78, 5) is 13.5. The number of amides is 1. The molecule has 0 aromatic heterocycles. The van der Waals surface area contributed by atoms with Crippen LogP contribution in [0.2, 0.25) is 0 Å². The molecular weight excluding hydrogens is 498 g/mol. The van der Waals surface area contributed by atoms with Gasteiger partial charge in [0.25, 0.3) is 5.91 Å². The largest absolute Gasteiger partial charge is 0.396 e. The zero-order valence-corrected chi connectivity index (χ0v) is 23.0. The summed E-state index contributed by atoms with van der Waals surface area (Å²) in [6.45, 7) is 6.04. The Morgan fingerprint density at radius 1 is 1.05 bits per heavy atom. The highest BCUT2D eigenvalue weighted by Gasteiger charge is 2.35. The molecule has 3 aromatic rings. The Morgan fingerprint density at radius 3 is 2.42 bits per heavy atom. The maximum atomic E-state index is 13.3. The zero-order valence-electron chi connectivity index (χ0n) is 22.2. The van der Waals surface area contributed by atoms with Gasteiger partial charge in [0.1, 0.15) is 0 Å². The Kier molecular flexibility index (Phi) is 8.55. The molecule has 4 N–H and O–H groups in total. The Labute approximate surface area is 225 Å². The topological polar surface area (TPSA) is 108 Å². The second-order valence-electron chi connectivity index (χ2n) is 10.6. The second kappa shape index (κ2) is 11.7. The molecule has 0 saturated carbocycles. The third kappa shape index (κ3) is 6.81. The van der Waals surface area contributed by atoms with Gasteiger partial charge in [-0.25, -0.2) is 13.1 Å². The van der Waals surface area contributed by atoms with Gasteiger partial charge in [-0.2, -0.15) is 0 Å². The van der Waals surface area contributed by atoms with Crippen LogP contribution in [0.5, 0.6) is 0 Å². The minimum Gasteiger partial charge on any atom is -0.396 e. The predicted molar refractivity (Wildman–Crippen MR) is 151 cm³/mol. The summed E-state index contributed by atoms with van der Waals surface area (Å²) >= 11 is 0. The van der Waals surface area contributed by atoms with Crippen LogP contribution in [0.25, 0.3) is 0 Å². The highest BCUT2D eigenvalue weighted by atomic mass is 32.2. The number of carbonyl (C=O) groups excluding carboxylic acids is 1. The lowest BCUT2D eigenvalue weighted by atomic mass is 9.85. The van der Waals surface area contributed by atoms with Gasteiger partial charge in [0.05, 0.1) is 10.9 Å². The average molecular weight is 536 g/mol. The predicted octanol–water partition coefficient (Wildman–Crippen LogP) is 4.59. The first kappa shape index (κ1) is 27.8. The van der Waals surface area contributed by atoms with Gasteiger partial charge in [0, 0.05) is 29.4 Å². The van der Waals surface area contributed by atoms with Crippen molar-refractivity contribution in [1.29, 1.82) is 0 Å². The highest BCUT2D eigenvalue weighted by molar-refractivity contribution is 7.89. The molecule has 1 aliphatic rings. The van der Waals surface area contributed by atoms with Crippen molar-refractivity contribution in [2.75, 3.05) is 11.9 Å². The number of fused-ring (bicyclic) bond motifs is 1. The molecule has 1 amide bonds. The van der Waals surface area contributed by atoms with E-state index in [4.69, 9.17) is 0 Å². The van der Waals surface area contributed by atoms with Crippen LogP contribution < -0.4 is 15.4 Å². The maximum absolute atomic E-state index is 13.3. The molecule has 0 unspecified atom stereocenters. The minimum atomic E-state index is -3.78. The van der Waals surface area contributed by atoms with E-state index < -0.39 is 16.1 Å². The van der Waals surface area contributed by atoms with Gasteiger partial charge in [0.15, 0.2) is 0 Å². The van der Waals surface area contributed by atoms with E-state index in [1.807, 2.05) is 69.3 Å². The second-order valence-corrected chi connectivity index (χ2v) is 12.3. The average Bonchev–Trinajstić information content (AvgIpc) is 2.88. The Hall–Kier alpha value is -3.20. The first-order valence-corrected chi connectivity index (χ1v) is 14.6. The van der Waals surface area contributed by atoms with Gasteiger partial charge in [-0.3, -0.25) is 4.79 Å². The van der Waals surface area contributed by atoms with E-state index in [1.165, 1.54) is 0 Å². The Morgan fingerprint density at radius 2 is 1.76 bits per heavy atom. The van der Waals surface area contributed by atoms with Crippen molar-refractivity contribution in [2.45, 2.75) is 69.0 Å². The monoisotopic (exact) mass is 535 g/mol. The van der Waals surface area contributed by atoms with Gasteiger partial charge >= 0.3 is 0 Å². The molecule has 3 aromatic carbocycles. The Bertz CT molecular complexity index is 1360. The molecule has 7 nitrogen and oxygen atoms in total. The number of hydrogen-bond acceptors (Lipinski definition) is 5. The first-order valence-electron chi connectivity index (χ1n) is 13.1. The normalized spacial score (nSPS) is 17.2. The van der Waals surface area contributed by atoms with Crippen molar-refractivity contribution in [3.8, 4) is 0 Å². The molecule has 4 rings (SSSR count). The van der Waals surface area contributed by atoms with Gasteiger partial charge in [-0.05, 0) is 86.6 Å². The minimum absolute atomic E-state index is 0.0376. The summed E-state index contributed by atoms with van der Waals surface area (Å²) < 4.78 is 29.5. The third-order valence-corrected chi connectivity index (χ3v) is 8.44. The summed E-state index contributed by atoms with van der Waals surface area (Å²) in [5.74, 6) is -0.260. The molecule has 0 bridgehead atoms. The Balaban J connectivity index is 1.58. The lowest BCUT2D eigenvalue weighted by Gasteiger charge is -2.39. The number of nitrogens with one attached hydrogen (secondary N) is 3. The van der Waals surface area contributed by atoms with E-state index in [9.17, 15) is 18.3 Å². The van der Waals surface area contributed by atoms with Crippen molar-refractivity contribution in [3.05, 3.63) is 95.1 Å². The molecule has 0 spiro atoms. The fraction of sp³-hybridized carbons (Fsp3) is 0.367. The van der Waals surface area contributed by atoms with Crippen LogP contribution in [-0.4, -0.2) is 37.6 Å². The van der Waals surface area contributed by atoms with Crippen molar-refractivity contribution >= 4 is 21.6 Å². The summed E-state index contributed by atoms with van der Waals surface area (Å²) in [5.41, 5.74) is 3.76. The van der Waals surface area contributed by atoms with E-state index in [-0.39, 0.29) is 29.0 Å². The van der Waals surface area contributed by atoms with Crippen LogP contribution in [-0.2, 0) is 22.9 Å². The summed E-state index contributed by atoms with van der Waals surface area (Å²) in [5, 5.41) is 16.1. The smallest absolute Gasteiger partial charge is 0.251 e. The van der Waals surface area contributed by atoms with E-state index in [1.54, 1.807) is 24.3 Å². The number of aliphatic hydroxyl groups is 1. The number of carbonyl (C=O) groups is 1. The van der Waals surface area contributed by atoms with Crippen LogP contribution in [0.4, 0.5) is 5.69 Å². The molecule has 8 heteroatoms. The van der Waals surface area contributed by atoms with E-state index in [0.717, 1.165) is 28.8 Å². The number of aliphatic hydroxyl groups excluding tert-OH is 1. The molecule has 1 heterocycles. The number of aryl methyl sites for hydroxylation is 1. The molecule has 1 aliphatic heterocycles. The van der Waals surface area contributed by atoms with Crippen LogP contribution in [0.3, 0.4) is 0 Å². The van der Waals surface area contributed by atoms with Crippen molar-refractivity contribution in [2.24, 2.45) is 0 Å². The van der Waals surface area contributed by atoms with Gasteiger partial charge in [-0.1, -0.05) is 49.4 Å². The quantitative estimate of drug-likeness (QED) is 0.304. The molecule has 0 saturated heterocycles. The molecule has 2 atom stereocenters. The molecular formula is C30H37N3O4S. The lowest BCUT2D eigenvalue weighted by molar-refractivity contribution is 0.0930. The molecule has 38 heavy (non-hydrogen) atoms. The van der Waals surface area contributed by atoms with Crippen molar-refractivity contribution < 1.29 is 18.3 Å². The first-order chi connectivity index (χ1) is 18.1. The molecule has 0 fully saturated rings. The number of hydrogen-bond donors (Lipinski definition) is 4. The summed E-state index contributed by atoms with van der Waals surface area (Å²) in [7, 11) is -3.78. The van der Waals surface area contributed by atoms with Crippen LogP contribution >= 0.6 is 0 Å². The lowest BCUT2D eigenvalue weighted by Crippen LogP contribution is -2.43. The van der Waals surface area contributed by atoms with Crippen LogP contribution in [0.15, 0.2) is 77.7 Å². The van der Waals surface area contributed by atoms with Crippen LogP contribution in [0, 0.1) is 0 Å². The van der Waals surface area contributed by atoms with Gasteiger partial charge in [-0.15, -0.1) is 0 Å². The molecule has 0 aliphatic carbocycles. The van der Waals surface area contributed by atoms with Gasteiger partial charge < -0.3 is 15.7 Å². The standard InChI is InChI=1S/C30H37N3O4S/c1-4-21-10-13-25(14-11-21)38(36,37)33-28-20-30(2,3)32-27-15-12-23(19-26(27)28)29(35)31-24(16-17-34)18-22-8-6-5-7-9-22/h5-15,19,24,28,32-34H,4,16-18,20H2,1-3H3,(H,31,35)/t24-,28+/m1/s1. The number of benzene rings is 3. The van der Waals surface area contributed by atoms with E-state index >= 15 is 0 Å². The van der Waals surface area contributed by atoms with Gasteiger partial charge in [0.2, 0.25) is 10.0 Å². The van der Waals surface area contributed by atoms with E-state index in [2.05, 4.69) is 15.4 Å². The fourth-order valence-electron chi connectivity index (χ4n) is 4.96. The number of anilines is 1. The van der Waals surface area contributed by atoms with Crippen LogP contribution in [0.1, 0.15) is 66.7 Å². The van der Waals surface area contributed by atoms with Crippen molar-refractivity contribution in [1.82, 2.24) is 10.0 Å². The summed E-state index contributed by atoms with van der Waals surface area (Å²) in [6, 6.07) is 21.3. The maximum Gasteiger partial charge on any atom is 0.251 e. The number of sulfonamides is 1. The fourth-order valence-corrected chi connectivity index (χ4v) is 6.17. The molecule has 0 radical (unpaired) electrons. The highest BCUT2D eigenvalue weighted by Crippen LogP contribution is 2.38. The SMILES string of the molecule is CCc1ccc(S(=O)(=O)N[C@H]2CC(C)(C)Nc3ccc(C(=O)N[C@H](CCO)Cc4ccccc4)cc32)cc1. The van der Waals surface area contributed by atoms with E-state index in [0.29, 0.717) is 24.8 Å². The third-order valence-electron chi connectivity index (χ3n) is 6.95. The molecule has 202 valence electrons. The zero-order chi connectivity index (χ0) is 27.3. The van der Waals surface area contributed by atoms with Crippen molar-refractivity contribution in [3.63, 3.8) is 0 Å².